The molecule has 132 valence electrons. The maximum absolute atomic E-state index is 11.0. The summed E-state index contributed by atoms with van der Waals surface area (Å²) in [4.78, 5) is 13.7. The zero-order valence-corrected chi connectivity index (χ0v) is 20.8. The molecule has 3 rings (SSSR count). The van der Waals surface area contributed by atoms with Gasteiger partial charge in [0.25, 0.3) is 0 Å². The molecule has 8 heteroatoms. The van der Waals surface area contributed by atoms with E-state index in [1.807, 2.05) is 71.3 Å². The maximum atomic E-state index is 11.0. The zero-order valence-electron chi connectivity index (χ0n) is 14.1. The van der Waals surface area contributed by atoms with Gasteiger partial charge in [0.05, 0.1) is 0 Å². The minimum atomic E-state index is -0.287. The summed E-state index contributed by atoms with van der Waals surface area (Å²) in [5, 5.41) is 0. The van der Waals surface area contributed by atoms with E-state index in [9.17, 15) is 4.79 Å². The Labute approximate surface area is 178 Å². The third-order valence-electron chi connectivity index (χ3n) is 3.21. The van der Waals surface area contributed by atoms with Gasteiger partial charge in [0, 0.05) is 6.92 Å². The number of carbonyl (C=O) groups excluding carboxylic acids is 1. The van der Waals surface area contributed by atoms with E-state index in [2.05, 4.69) is 18.6 Å². The summed E-state index contributed by atoms with van der Waals surface area (Å²) in [6.45, 7) is 3.61. The number of ether oxygens (including phenoxy) is 1. The normalized spacial score (nSPS) is 17.8. The second kappa shape index (κ2) is 9.03. The SMILES string of the molecule is C[Se]C1=C([Se]C)SC(=C2SC(C)=C(c3ccc(OC(C)=O)cc3)S2)S1. The Balaban J connectivity index is 1.77. The van der Waals surface area contributed by atoms with Crippen LogP contribution >= 0.6 is 47.0 Å². The third-order valence-corrected chi connectivity index (χ3v) is 15.0. The van der Waals surface area contributed by atoms with E-state index in [1.165, 1.54) is 30.8 Å². The Bertz CT molecular complexity index is 779. The van der Waals surface area contributed by atoms with Gasteiger partial charge in [-0.05, 0) is 0 Å². The van der Waals surface area contributed by atoms with Crippen molar-refractivity contribution in [2.24, 2.45) is 0 Å². The molecule has 0 N–H and O–H groups in total. The summed E-state index contributed by atoms with van der Waals surface area (Å²) in [6.07, 6.45) is 0. The van der Waals surface area contributed by atoms with Crippen molar-refractivity contribution in [1.82, 2.24) is 0 Å². The van der Waals surface area contributed by atoms with Gasteiger partial charge in [0.2, 0.25) is 0 Å². The van der Waals surface area contributed by atoms with Crippen molar-refractivity contribution in [2.75, 3.05) is 0 Å². The standard InChI is InChI=1S/C17H16O2S4Se2/c1-9-13(11-5-7-12(8-6-11)19-10(2)18)21-14(20-9)15-22-16(24-3)17(23-15)25-4/h5-8H,1-4H3. The quantitative estimate of drug-likeness (QED) is 0.265. The van der Waals surface area contributed by atoms with Crippen LogP contribution in [0.15, 0.2) is 45.3 Å². The molecule has 0 saturated carbocycles. The van der Waals surface area contributed by atoms with E-state index in [0.29, 0.717) is 35.7 Å². The summed E-state index contributed by atoms with van der Waals surface area (Å²) >= 11 is 8.90. The van der Waals surface area contributed by atoms with Gasteiger partial charge in [0.15, 0.2) is 0 Å². The fraction of sp³-hybridized carbons (Fsp3) is 0.235. The molecule has 0 radical (unpaired) electrons. The van der Waals surface area contributed by atoms with E-state index >= 15 is 0 Å². The van der Waals surface area contributed by atoms with Crippen LogP contribution in [0.2, 0.25) is 11.6 Å². The molecule has 1 aromatic carbocycles. The van der Waals surface area contributed by atoms with Crippen LogP contribution in [0.25, 0.3) is 4.91 Å². The Morgan fingerprint density at radius 3 is 2.00 bits per heavy atom. The van der Waals surface area contributed by atoms with Crippen LogP contribution in [0.1, 0.15) is 19.4 Å². The number of hydrogen-bond donors (Lipinski definition) is 0. The van der Waals surface area contributed by atoms with E-state index in [0.717, 1.165) is 0 Å². The first-order valence-corrected chi connectivity index (χ1v) is 15.7. The Morgan fingerprint density at radius 1 is 0.920 bits per heavy atom. The zero-order chi connectivity index (χ0) is 18.0. The molecule has 2 heterocycles. The first-order chi connectivity index (χ1) is 12.0. The van der Waals surface area contributed by atoms with Gasteiger partial charge in [-0.2, -0.15) is 0 Å². The molecule has 0 fully saturated rings. The average Bonchev–Trinajstić information content (AvgIpc) is 3.18. The van der Waals surface area contributed by atoms with Crippen LogP contribution < -0.4 is 4.74 Å². The first-order valence-electron chi connectivity index (χ1n) is 7.29. The van der Waals surface area contributed by atoms with Gasteiger partial charge >= 0.3 is 168 Å². The Morgan fingerprint density at radius 2 is 1.48 bits per heavy atom. The van der Waals surface area contributed by atoms with Crippen molar-refractivity contribution < 1.29 is 9.53 Å². The molecule has 1 aromatic rings. The van der Waals surface area contributed by atoms with Crippen molar-refractivity contribution in [3.8, 4) is 5.75 Å². The second-order valence-electron chi connectivity index (χ2n) is 4.97. The van der Waals surface area contributed by atoms with Crippen molar-refractivity contribution in [1.29, 1.82) is 0 Å². The molecule has 0 aromatic heterocycles. The summed E-state index contributed by atoms with van der Waals surface area (Å²) in [6, 6.07) is 7.80. The number of rotatable bonds is 4. The van der Waals surface area contributed by atoms with Gasteiger partial charge in [-0.1, -0.05) is 0 Å². The molecule has 0 saturated heterocycles. The van der Waals surface area contributed by atoms with E-state index in [-0.39, 0.29) is 5.97 Å². The molecule has 2 nitrogen and oxygen atoms in total. The number of hydrogen-bond acceptors (Lipinski definition) is 6. The van der Waals surface area contributed by atoms with Crippen LogP contribution in [0, 0.1) is 0 Å². The van der Waals surface area contributed by atoms with Gasteiger partial charge in [-0.15, -0.1) is 0 Å². The van der Waals surface area contributed by atoms with Crippen molar-refractivity contribution in [3.05, 3.63) is 50.8 Å². The van der Waals surface area contributed by atoms with Crippen LogP contribution in [0.3, 0.4) is 0 Å². The summed E-state index contributed by atoms with van der Waals surface area (Å²) in [5.41, 5.74) is 1.18. The molecule has 25 heavy (non-hydrogen) atoms. The number of carbonyl (C=O) groups is 1. The molecular formula is C17H16O2S4Se2. The van der Waals surface area contributed by atoms with Crippen LogP contribution in [0.5, 0.6) is 5.75 Å². The second-order valence-corrected chi connectivity index (χ2v) is 14.4. The molecule has 0 amide bonds. The average molecular weight is 539 g/mol. The molecule has 0 atom stereocenters. The van der Waals surface area contributed by atoms with Crippen molar-refractivity contribution in [2.45, 2.75) is 25.5 Å². The Kier molecular flexibility index (Phi) is 7.25. The predicted molar refractivity (Wildman–Crippen MR) is 118 cm³/mol. The third kappa shape index (κ3) is 4.80. The molecule has 0 spiro atoms. The van der Waals surface area contributed by atoms with Gasteiger partial charge in [-0.3, -0.25) is 4.79 Å². The topological polar surface area (TPSA) is 26.3 Å². The van der Waals surface area contributed by atoms with Crippen molar-refractivity contribution >= 4 is 87.8 Å². The number of benzene rings is 1. The molecule has 2 aliphatic rings. The number of thioether (sulfide) groups is 4. The summed E-state index contributed by atoms with van der Waals surface area (Å²) < 4.78 is 11.2. The fourth-order valence-corrected chi connectivity index (χ4v) is 13.9. The summed E-state index contributed by atoms with van der Waals surface area (Å²) in [7, 11) is 0. The van der Waals surface area contributed by atoms with Crippen LogP contribution in [-0.4, -0.2) is 35.9 Å². The van der Waals surface area contributed by atoms with Gasteiger partial charge < -0.3 is 0 Å². The monoisotopic (exact) mass is 540 g/mol. The van der Waals surface area contributed by atoms with Crippen LogP contribution in [-0.2, 0) is 4.79 Å². The first kappa shape index (κ1) is 20.1. The van der Waals surface area contributed by atoms with E-state index in [1.54, 1.807) is 7.61 Å². The van der Waals surface area contributed by atoms with Gasteiger partial charge in [-0.25, -0.2) is 0 Å². The van der Waals surface area contributed by atoms with Gasteiger partial charge in [0.1, 0.15) is 0 Å². The Hall–Kier alpha value is 0.349. The minimum absolute atomic E-state index is 0.287. The number of esters is 1. The molecule has 0 bridgehead atoms. The molecular weight excluding hydrogens is 522 g/mol. The molecule has 0 aliphatic carbocycles. The van der Waals surface area contributed by atoms with Crippen LogP contribution in [0.4, 0.5) is 0 Å². The number of allylic oxidation sites excluding steroid dienone is 1. The molecule has 2 aliphatic heterocycles. The predicted octanol–water partition coefficient (Wildman–Crippen LogP) is 6.02. The van der Waals surface area contributed by atoms with E-state index < -0.39 is 0 Å². The fourth-order valence-electron chi connectivity index (χ4n) is 2.16. The molecule has 0 unspecified atom stereocenters. The van der Waals surface area contributed by atoms with Crippen molar-refractivity contribution in [3.63, 3.8) is 0 Å². The summed E-state index contributed by atoms with van der Waals surface area (Å²) in [5.74, 6) is 4.93. The van der Waals surface area contributed by atoms with E-state index in [4.69, 9.17) is 4.74 Å².